The monoisotopic (exact) mass is 391 g/mol. The van der Waals surface area contributed by atoms with Crippen LogP contribution in [0.4, 0.5) is 4.39 Å². The number of ether oxygens (including phenoxy) is 1. The Balaban J connectivity index is 1.33. The smallest absolute Gasteiger partial charge is 0.306 e. The van der Waals surface area contributed by atoms with Crippen molar-refractivity contribution >= 4 is 12.0 Å². The molecule has 4 heteroatoms. The molecule has 2 heterocycles. The lowest BCUT2D eigenvalue weighted by atomic mass is 9.60. The second-order valence-corrected chi connectivity index (χ2v) is 8.75. The average molecular weight is 391 g/mol. The van der Waals surface area contributed by atoms with Gasteiger partial charge in [-0.3, -0.25) is 9.78 Å². The summed E-state index contributed by atoms with van der Waals surface area (Å²) in [7, 11) is 0. The summed E-state index contributed by atoms with van der Waals surface area (Å²) in [6.07, 6.45) is 12.9. The molecule has 1 saturated heterocycles. The maximum Gasteiger partial charge on any atom is 0.306 e. The number of rotatable bonds is 3. The fraction of sp³-hybridized carbons (Fsp3) is 0.440. The normalized spacial score (nSPS) is 31.3. The molecular formula is C25H26FNO2. The van der Waals surface area contributed by atoms with Crippen LogP contribution in [0.2, 0.25) is 0 Å². The number of allylic oxidation sites excluding steroid dienone is 1. The van der Waals surface area contributed by atoms with Crippen LogP contribution in [0.1, 0.15) is 44.2 Å². The van der Waals surface area contributed by atoms with Crippen LogP contribution in [0, 0.1) is 29.5 Å². The second-order valence-electron chi connectivity index (χ2n) is 8.75. The van der Waals surface area contributed by atoms with Gasteiger partial charge < -0.3 is 4.74 Å². The summed E-state index contributed by atoms with van der Waals surface area (Å²) in [5, 5.41) is 0. The fourth-order valence-electron chi connectivity index (χ4n) is 5.76. The Hall–Kier alpha value is -2.49. The first kappa shape index (κ1) is 18.5. The molecule has 3 nitrogen and oxygen atoms in total. The van der Waals surface area contributed by atoms with E-state index in [9.17, 15) is 9.18 Å². The van der Waals surface area contributed by atoms with Gasteiger partial charge in [-0.15, -0.1) is 0 Å². The molecule has 150 valence electrons. The highest BCUT2D eigenvalue weighted by atomic mass is 19.1. The zero-order valence-electron chi connectivity index (χ0n) is 16.5. The number of carbonyl (C=O) groups is 1. The van der Waals surface area contributed by atoms with Gasteiger partial charge in [0, 0.05) is 17.7 Å². The average Bonchev–Trinajstić information content (AvgIpc) is 3.13. The van der Waals surface area contributed by atoms with Crippen LogP contribution in [0.5, 0.6) is 0 Å². The van der Waals surface area contributed by atoms with Gasteiger partial charge in [-0.1, -0.05) is 37.1 Å². The van der Waals surface area contributed by atoms with E-state index in [2.05, 4.69) is 17.1 Å². The number of carbonyl (C=O) groups excluding carboxylic acids is 1. The molecule has 0 N–H and O–H groups in total. The minimum Gasteiger partial charge on any atom is -0.462 e. The quantitative estimate of drug-likeness (QED) is 0.634. The van der Waals surface area contributed by atoms with Gasteiger partial charge in [0.1, 0.15) is 11.9 Å². The molecule has 2 unspecified atom stereocenters. The zero-order valence-corrected chi connectivity index (χ0v) is 16.5. The molecule has 0 radical (unpaired) electrons. The summed E-state index contributed by atoms with van der Waals surface area (Å²) in [4.78, 5) is 16.4. The third-order valence-electron chi connectivity index (χ3n) is 7.10. The van der Waals surface area contributed by atoms with E-state index in [1.165, 1.54) is 37.8 Å². The van der Waals surface area contributed by atoms with E-state index in [0.717, 1.165) is 23.2 Å². The van der Waals surface area contributed by atoms with Crippen molar-refractivity contribution < 1.29 is 13.9 Å². The first-order valence-corrected chi connectivity index (χ1v) is 10.8. The number of hydrogen-bond donors (Lipinski definition) is 0. The second kappa shape index (κ2) is 7.74. The first-order valence-electron chi connectivity index (χ1n) is 10.8. The highest BCUT2D eigenvalue weighted by Gasteiger charge is 2.49. The van der Waals surface area contributed by atoms with Crippen LogP contribution in [0.3, 0.4) is 0 Å². The van der Waals surface area contributed by atoms with Crippen LogP contribution >= 0.6 is 0 Å². The molecule has 1 aromatic heterocycles. The standard InChI is InChI=1S/C25H26FNO2/c26-19-5-3-4-16(12-19)18-9-11-20(27-15-18)10-8-17-13-24-23(14-25(28)29-24)22-7-2-1-6-21(17)22/h3-5,8-12,15,17,21-24H,1-2,6-7,13-14H2/b10-8+/t17?,21-,22+,23-,24?/m0/s1. The lowest BCUT2D eigenvalue weighted by Crippen LogP contribution is -2.42. The number of halogens is 1. The number of hydrogen-bond acceptors (Lipinski definition) is 3. The molecule has 3 aliphatic rings. The van der Waals surface area contributed by atoms with Crippen molar-refractivity contribution in [3.05, 3.63) is 60.2 Å². The van der Waals surface area contributed by atoms with Crippen LogP contribution in [0.15, 0.2) is 48.7 Å². The Morgan fingerprint density at radius 2 is 1.90 bits per heavy atom. The van der Waals surface area contributed by atoms with Crippen molar-refractivity contribution in [3.63, 3.8) is 0 Å². The zero-order chi connectivity index (χ0) is 19.8. The summed E-state index contributed by atoms with van der Waals surface area (Å²) in [5.41, 5.74) is 2.65. The van der Waals surface area contributed by atoms with E-state index in [-0.39, 0.29) is 17.9 Å². The van der Waals surface area contributed by atoms with Gasteiger partial charge in [-0.25, -0.2) is 4.39 Å². The van der Waals surface area contributed by atoms with Crippen LogP contribution in [-0.2, 0) is 9.53 Å². The predicted molar refractivity (Wildman–Crippen MR) is 110 cm³/mol. The molecule has 0 bridgehead atoms. The van der Waals surface area contributed by atoms with Gasteiger partial charge in [0.2, 0.25) is 0 Å². The van der Waals surface area contributed by atoms with Gasteiger partial charge in [0.15, 0.2) is 0 Å². The summed E-state index contributed by atoms with van der Waals surface area (Å²) >= 11 is 0. The molecule has 0 spiro atoms. The molecule has 29 heavy (non-hydrogen) atoms. The summed E-state index contributed by atoms with van der Waals surface area (Å²) in [6.45, 7) is 0. The van der Waals surface area contributed by atoms with E-state index in [4.69, 9.17) is 4.74 Å². The van der Waals surface area contributed by atoms with Crippen molar-refractivity contribution in [1.29, 1.82) is 0 Å². The number of aromatic nitrogens is 1. The van der Waals surface area contributed by atoms with Crippen LogP contribution < -0.4 is 0 Å². The van der Waals surface area contributed by atoms with Gasteiger partial charge in [-0.2, -0.15) is 0 Å². The molecule has 2 aliphatic carbocycles. The maximum atomic E-state index is 13.4. The first-order chi connectivity index (χ1) is 14.2. The fourth-order valence-corrected chi connectivity index (χ4v) is 5.76. The highest BCUT2D eigenvalue weighted by molar-refractivity contribution is 5.72. The predicted octanol–water partition coefficient (Wildman–Crippen LogP) is 5.66. The summed E-state index contributed by atoms with van der Waals surface area (Å²) < 4.78 is 19.1. The lowest BCUT2D eigenvalue weighted by Gasteiger charge is -2.45. The highest BCUT2D eigenvalue weighted by Crippen LogP contribution is 2.51. The Morgan fingerprint density at radius 1 is 1.03 bits per heavy atom. The molecule has 1 aromatic carbocycles. The van der Waals surface area contributed by atoms with Gasteiger partial charge >= 0.3 is 5.97 Å². The molecule has 1 aliphatic heterocycles. The largest absolute Gasteiger partial charge is 0.462 e. The minimum absolute atomic E-state index is 0.0106. The SMILES string of the molecule is O=C1C[C@@H]2C(CC(/C=C/c3ccc(-c4cccc(F)c4)cn3)[C@@H]3CCCC[C@@H]23)O1. The number of pyridine rings is 1. The molecule has 0 amide bonds. The Kier molecular flexibility index (Phi) is 4.94. The van der Waals surface area contributed by atoms with Crippen molar-refractivity contribution in [3.8, 4) is 11.1 Å². The van der Waals surface area contributed by atoms with Gasteiger partial charge in [0.05, 0.1) is 12.1 Å². The summed E-state index contributed by atoms with van der Waals surface area (Å²) in [6, 6.07) is 10.5. The van der Waals surface area contributed by atoms with E-state index in [1.54, 1.807) is 12.3 Å². The van der Waals surface area contributed by atoms with Crippen molar-refractivity contribution in [2.24, 2.45) is 23.7 Å². The van der Waals surface area contributed by atoms with Crippen LogP contribution in [-0.4, -0.2) is 17.1 Å². The topological polar surface area (TPSA) is 39.2 Å². The number of esters is 1. The van der Waals surface area contributed by atoms with Crippen molar-refractivity contribution in [1.82, 2.24) is 4.98 Å². The Labute approximate surface area is 171 Å². The Morgan fingerprint density at radius 3 is 2.69 bits per heavy atom. The minimum atomic E-state index is -0.239. The maximum absolute atomic E-state index is 13.4. The molecular weight excluding hydrogens is 365 g/mol. The van der Waals surface area contributed by atoms with Gasteiger partial charge in [-0.05, 0) is 66.9 Å². The molecule has 2 aromatic rings. The van der Waals surface area contributed by atoms with Crippen LogP contribution in [0.25, 0.3) is 17.2 Å². The third kappa shape index (κ3) is 3.73. The molecule has 5 atom stereocenters. The lowest BCUT2D eigenvalue weighted by molar-refractivity contribution is -0.143. The summed E-state index contributed by atoms with van der Waals surface area (Å²) in [5.74, 6) is 1.90. The molecule has 2 saturated carbocycles. The van der Waals surface area contributed by atoms with E-state index in [0.29, 0.717) is 30.1 Å². The van der Waals surface area contributed by atoms with E-state index >= 15 is 0 Å². The number of nitrogens with zero attached hydrogens (tertiary/aromatic N) is 1. The molecule has 5 rings (SSSR count). The van der Waals surface area contributed by atoms with E-state index in [1.807, 2.05) is 18.2 Å². The van der Waals surface area contributed by atoms with Gasteiger partial charge in [0.25, 0.3) is 0 Å². The number of fused-ring (bicyclic) bond motifs is 3. The van der Waals surface area contributed by atoms with Crippen molar-refractivity contribution in [2.75, 3.05) is 0 Å². The third-order valence-corrected chi connectivity index (χ3v) is 7.10. The molecule has 3 fully saturated rings. The Bertz CT molecular complexity index is 923. The van der Waals surface area contributed by atoms with E-state index < -0.39 is 0 Å². The van der Waals surface area contributed by atoms with Crippen molar-refractivity contribution in [2.45, 2.75) is 44.6 Å². The number of benzene rings is 1.